The maximum Gasteiger partial charge on any atom is 0.273 e. The van der Waals surface area contributed by atoms with Gasteiger partial charge in [0.2, 0.25) is 11.9 Å². The first kappa shape index (κ1) is 24.6. The molecule has 4 rings (SSSR count). The van der Waals surface area contributed by atoms with Crippen LogP contribution < -0.4 is 21.7 Å². The first-order valence-electron chi connectivity index (χ1n) is 12.1. The second-order valence-corrected chi connectivity index (χ2v) is 9.53. The van der Waals surface area contributed by atoms with E-state index in [1.165, 1.54) is 11.6 Å². The van der Waals surface area contributed by atoms with Gasteiger partial charge >= 0.3 is 0 Å². The third-order valence-corrected chi connectivity index (χ3v) is 7.17. The molecule has 10 heteroatoms. The topological polar surface area (TPSA) is 138 Å². The normalized spacial score (nSPS) is 23.0. The molecule has 2 heterocycles. The lowest BCUT2D eigenvalue weighted by atomic mass is 9.89. The van der Waals surface area contributed by atoms with Gasteiger partial charge in [-0.3, -0.25) is 9.59 Å². The summed E-state index contributed by atoms with van der Waals surface area (Å²) >= 11 is 0. The summed E-state index contributed by atoms with van der Waals surface area (Å²) in [6.45, 7) is 7.79. The van der Waals surface area contributed by atoms with Crippen molar-refractivity contribution >= 4 is 29.3 Å². The molecule has 2 aromatic rings. The highest BCUT2D eigenvalue weighted by Gasteiger charge is 2.34. The number of aromatic nitrogens is 3. The molecular weight excluding hydrogens is 444 g/mol. The second kappa shape index (κ2) is 10.8. The van der Waals surface area contributed by atoms with E-state index < -0.39 is 5.91 Å². The zero-order valence-electron chi connectivity index (χ0n) is 20.3. The van der Waals surface area contributed by atoms with Gasteiger partial charge in [-0.15, -0.1) is 10.2 Å². The SMILES string of the molecule is C=CC(=O)NC1CC[C@@H](Nc2nnc(C(N)=O)c(Nc3ccc(C4CCN(C)CC4)cc3)n2)[C@H]1C. The maximum atomic E-state index is 11.9. The Morgan fingerprint density at radius 2 is 1.77 bits per heavy atom. The van der Waals surface area contributed by atoms with E-state index in [0.717, 1.165) is 44.5 Å². The Morgan fingerprint density at radius 1 is 1.09 bits per heavy atom. The van der Waals surface area contributed by atoms with Crippen molar-refractivity contribution in [2.45, 2.75) is 50.6 Å². The minimum absolute atomic E-state index is 0.0227. The average Bonchev–Trinajstić information content (AvgIpc) is 3.18. The van der Waals surface area contributed by atoms with E-state index in [2.05, 4.69) is 68.7 Å². The molecule has 1 aliphatic heterocycles. The molecule has 186 valence electrons. The van der Waals surface area contributed by atoms with Crippen LogP contribution in [0.2, 0.25) is 0 Å². The fourth-order valence-electron chi connectivity index (χ4n) is 4.94. The number of likely N-dealkylation sites (tertiary alicyclic amines) is 1. The molecule has 0 radical (unpaired) electrons. The van der Waals surface area contributed by atoms with Crippen LogP contribution >= 0.6 is 0 Å². The first-order chi connectivity index (χ1) is 16.8. The zero-order valence-corrected chi connectivity index (χ0v) is 20.3. The minimum atomic E-state index is -0.705. The lowest BCUT2D eigenvalue weighted by Crippen LogP contribution is -2.39. The second-order valence-electron chi connectivity index (χ2n) is 9.53. The van der Waals surface area contributed by atoms with Crippen molar-refractivity contribution in [2.24, 2.45) is 11.7 Å². The number of nitrogens with one attached hydrogen (secondary N) is 3. The van der Waals surface area contributed by atoms with Crippen LogP contribution in [0.5, 0.6) is 0 Å². The van der Waals surface area contributed by atoms with Gasteiger partial charge in [0.25, 0.3) is 5.91 Å². The van der Waals surface area contributed by atoms with Crippen LogP contribution in [0, 0.1) is 5.92 Å². The standard InChI is InChI=1S/C25H34N8O2/c1-4-21(34)28-19-9-10-20(15(19)2)29-25-30-24(22(23(26)35)31-32-25)27-18-7-5-16(6-8-18)17-11-13-33(3)14-12-17/h4-8,15,17,19-20H,1,9-14H2,2-3H3,(H2,26,35)(H,28,34)(H2,27,29,30,32)/t15-,19?,20+/m0/s1. The Hall–Kier alpha value is -3.53. The van der Waals surface area contributed by atoms with Gasteiger partial charge in [-0.1, -0.05) is 25.6 Å². The molecule has 2 amide bonds. The van der Waals surface area contributed by atoms with Crippen molar-refractivity contribution < 1.29 is 9.59 Å². The third-order valence-electron chi connectivity index (χ3n) is 7.17. The Balaban J connectivity index is 1.45. The summed E-state index contributed by atoms with van der Waals surface area (Å²) in [6, 6.07) is 8.30. The van der Waals surface area contributed by atoms with Crippen LogP contribution in [-0.2, 0) is 4.79 Å². The fourth-order valence-corrected chi connectivity index (χ4v) is 4.94. The number of nitrogens with two attached hydrogens (primary N) is 1. The number of carbonyl (C=O) groups excluding carboxylic acids is 2. The molecular formula is C25H34N8O2. The van der Waals surface area contributed by atoms with Crippen LogP contribution in [0.3, 0.4) is 0 Å². The highest BCUT2D eigenvalue weighted by molar-refractivity contribution is 5.96. The number of anilines is 3. The number of primary amides is 1. The quantitative estimate of drug-likeness (QED) is 0.424. The number of amides is 2. The number of hydrogen-bond acceptors (Lipinski definition) is 8. The van der Waals surface area contributed by atoms with E-state index in [1.807, 2.05) is 12.1 Å². The predicted octanol–water partition coefficient (Wildman–Crippen LogP) is 2.40. The summed E-state index contributed by atoms with van der Waals surface area (Å²) in [5.41, 5.74) is 7.60. The number of piperidine rings is 1. The molecule has 0 spiro atoms. The van der Waals surface area contributed by atoms with Crippen LogP contribution in [-0.4, -0.2) is 64.1 Å². The summed E-state index contributed by atoms with van der Waals surface area (Å²) < 4.78 is 0. The lowest BCUT2D eigenvalue weighted by molar-refractivity contribution is -0.117. The van der Waals surface area contributed by atoms with Crippen molar-refractivity contribution in [3.63, 3.8) is 0 Å². The Kier molecular flexibility index (Phi) is 7.60. The monoisotopic (exact) mass is 478 g/mol. The summed E-state index contributed by atoms with van der Waals surface area (Å²) in [7, 11) is 2.16. The molecule has 1 aromatic carbocycles. The molecule has 10 nitrogen and oxygen atoms in total. The number of carbonyl (C=O) groups is 2. The van der Waals surface area contributed by atoms with Crippen molar-refractivity contribution in [1.29, 1.82) is 0 Å². The number of rotatable bonds is 8. The van der Waals surface area contributed by atoms with E-state index in [9.17, 15) is 9.59 Å². The van der Waals surface area contributed by atoms with Crippen LogP contribution in [0.4, 0.5) is 17.5 Å². The van der Waals surface area contributed by atoms with E-state index in [-0.39, 0.29) is 35.4 Å². The summed E-state index contributed by atoms with van der Waals surface area (Å²) in [5, 5.41) is 17.5. The Bertz CT molecular complexity index is 1070. The molecule has 1 saturated heterocycles. The highest BCUT2D eigenvalue weighted by atomic mass is 16.2. The largest absolute Gasteiger partial charge is 0.364 e. The summed E-state index contributed by atoms with van der Waals surface area (Å²) in [4.78, 5) is 30.5. The first-order valence-corrected chi connectivity index (χ1v) is 12.1. The van der Waals surface area contributed by atoms with Gasteiger partial charge in [-0.25, -0.2) is 0 Å². The van der Waals surface area contributed by atoms with Gasteiger partial charge in [0.15, 0.2) is 11.5 Å². The van der Waals surface area contributed by atoms with Gasteiger partial charge < -0.3 is 26.6 Å². The molecule has 5 N–H and O–H groups in total. The van der Waals surface area contributed by atoms with Crippen molar-refractivity contribution in [3.8, 4) is 0 Å². The number of hydrogen-bond donors (Lipinski definition) is 4. The number of nitrogens with zero attached hydrogens (tertiary/aromatic N) is 4. The number of benzene rings is 1. The van der Waals surface area contributed by atoms with E-state index >= 15 is 0 Å². The predicted molar refractivity (Wildman–Crippen MR) is 135 cm³/mol. The molecule has 3 atom stereocenters. The van der Waals surface area contributed by atoms with Gasteiger partial charge in [0, 0.05) is 17.8 Å². The molecule has 1 unspecified atom stereocenters. The molecule has 2 aliphatic rings. The maximum absolute atomic E-state index is 11.9. The fraction of sp³-hybridized carbons (Fsp3) is 0.480. The van der Waals surface area contributed by atoms with E-state index in [0.29, 0.717) is 11.9 Å². The molecule has 1 saturated carbocycles. The summed E-state index contributed by atoms with van der Waals surface area (Å²) in [6.07, 6.45) is 5.25. The van der Waals surface area contributed by atoms with E-state index in [4.69, 9.17) is 5.73 Å². The Morgan fingerprint density at radius 3 is 2.43 bits per heavy atom. The van der Waals surface area contributed by atoms with Gasteiger partial charge in [0.05, 0.1) is 0 Å². The van der Waals surface area contributed by atoms with Crippen LogP contribution in [0.1, 0.15) is 54.6 Å². The van der Waals surface area contributed by atoms with Crippen LogP contribution in [0.25, 0.3) is 0 Å². The summed E-state index contributed by atoms with van der Waals surface area (Å²) in [5.74, 6) is 0.383. The van der Waals surface area contributed by atoms with Crippen molar-refractivity contribution in [1.82, 2.24) is 25.4 Å². The van der Waals surface area contributed by atoms with Crippen molar-refractivity contribution in [3.05, 3.63) is 48.2 Å². The Labute approximate surface area is 205 Å². The van der Waals surface area contributed by atoms with Gasteiger partial charge in [0.1, 0.15) is 0 Å². The van der Waals surface area contributed by atoms with E-state index in [1.54, 1.807) is 0 Å². The average molecular weight is 479 g/mol. The highest BCUT2D eigenvalue weighted by Crippen LogP contribution is 2.30. The smallest absolute Gasteiger partial charge is 0.273 e. The lowest BCUT2D eigenvalue weighted by Gasteiger charge is -2.29. The molecule has 35 heavy (non-hydrogen) atoms. The minimum Gasteiger partial charge on any atom is -0.364 e. The van der Waals surface area contributed by atoms with Crippen molar-refractivity contribution in [2.75, 3.05) is 30.8 Å². The zero-order chi connectivity index (χ0) is 24.9. The third kappa shape index (κ3) is 5.94. The van der Waals surface area contributed by atoms with Gasteiger partial charge in [-0.2, -0.15) is 4.98 Å². The molecule has 0 bridgehead atoms. The van der Waals surface area contributed by atoms with Crippen LogP contribution in [0.15, 0.2) is 36.9 Å². The molecule has 1 aliphatic carbocycles. The molecule has 2 fully saturated rings. The molecule has 1 aromatic heterocycles. The van der Waals surface area contributed by atoms with Gasteiger partial charge in [-0.05, 0) is 81.4 Å².